The molecule has 1 aliphatic rings. The lowest BCUT2D eigenvalue weighted by Crippen LogP contribution is -2.43. The highest BCUT2D eigenvalue weighted by Crippen LogP contribution is 2.33. The predicted octanol–water partition coefficient (Wildman–Crippen LogP) is 3.30. The molecule has 0 saturated carbocycles. The minimum atomic E-state index is -3.95. The fraction of sp³-hybridized carbons (Fsp3) is 0.409. The van der Waals surface area contributed by atoms with Gasteiger partial charge in [0.2, 0.25) is 5.91 Å². The first-order valence-electron chi connectivity index (χ1n) is 10.0. The number of amides is 1. The normalized spacial score (nSPS) is 14.7. The first-order chi connectivity index (χ1) is 14.5. The number of carbonyl (C=O) groups is 1. The number of likely N-dealkylation sites (tertiary alicyclic amines) is 1. The van der Waals surface area contributed by atoms with Crippen LogP contribution in [-0.2, 0) is 14.8 Å². The van der Waals surface area contributed by atoms with Crippen LogP contribution in [0.1, 0.15) is 25.7 Å². The van der Waals surface area contributed by atoms with Crippen LogP contribution in [0.25, 0.3) is 0 Å². The molecule has 162 valence electrons. The number of carbonyl (C=O) groups excluding carboxylic acids is 1. The van der Waals surface area contributed by atoms with Crippen molar-refractivity contribution < 1.29 is 22.7 Å². The minimum Gasteiger partial charge on any atom is -0.493 e. The van der Waals surface area contributed by atoms with Crippen molar-refractivity contribution in [1.82, 2.24) is 4.90 Å². The fourth-order valence-corrected chi connectivity index (χ4v) is 4.98. The molecule has 1 amide bonds. The van der Waals surface area contributed by atoms with Crippen LogP contribution < -0.4 is 13.8 Å². The number of anilines is 1. The van der Waals surface area contributed by atoms with Gasteiger partial charge in [0.05, 0.1) is 24.8 Å². The zero-order chi connectivity index (χ0) is 21.6. The van der Waals surface area contributed by atoms with E-state index in [0.29, 0.717) is 30.3 Å². The van der Waals surface area contributed by atoms with Crippen molar-refractivity contribution in [2.24, 2.45) is 0 Å². The van der Waals surface area contributed by atoms with Crippen molar-refractivity contribution in [2.45, 2.75) is 30.6 Å². The Bertz CT molecular complexity index is 955. The predicted molar refractivity (Wildman–Crippen MR) is 116 cm³/mol. The average Bonchev–Trinajstić information content (AvgIpc) is 3.07. The molecule has 3 rings (SSSR count). The van der Waals surface area contributed by atoms with Gasteiger partial charge in [0.1, 0.15) is 6.54 Å². The molecule has 7 nitrogen and oxygen atoms in total. The topological polar surface area (TPSA) is 76.2 Å². The van der Waals surface area contributed by atoms with E-state index >= 15 is 0 Å². The van der Waals surface area contributed by atoms with Crippen LogP contribution in [0.15, 0.2) is 53.4 Å². The van der Waals surface area contributed by atoms with E-state index in [0.717, 1.165) is 30.0 Å². The molecule has 1 saturated heterocycles. The largest absolute Gasteiger partial charge is 0.493 e. The lowest BCUT2D eigenvalue weighted by Gasteiger charge is -2.28. The van der Waals surface area contributed by atoms with Crippen LogP contribution in [0.2, 0.25) is 0 Å². The summed E-state index contributed by atoms with van der Waals surface area (Å²) in [7, 11) is -0.953. The second kappa shape index (κ2) is 9.84. The van der Waals surface area contributed by atoms with Crippen molar-refractivity contribution in [3.63, 3.8) is 0 Å². The monoisotopic (exact) mass is 432 g/mol. The van der Waals surface area contributed by atoms with E-state index in [2.05, 4.69) is 0 Å². The maximum absolute atomic E-state index is 13.5. The molecule has 1 heterocycles. The highest BCUT2D eigenvalue weighted by Gasteiger charge is 2.29. The minimum absolute atomic E-state index is 0.128. The summed E-state index contributed by atoms with van der Waals surface area (Å²) in [5, 5.41) is 0. The summed E-state index contributed by atoms with van der Waals surface area (Å²) in [5.74, 6) is 0.675. The zero-order valence-corrected chi connectivity index (χ0v) is 18.2. The Labute approximate surface area is 178 Å². The number of rotatable bonds is 7. The molecule has 8 heteroatoms. The van der Waals surface area contributed by atoms with Gasteiger partial charge in [-0.3, -0.25) is 9.10 Å². The quantitative estimate of drug-likeness (QED) is 0.671. The van der Waals surface area contributed by atoms with Gasteiger partial charge in [0.15, 0.2) is 11.5 Å². The molecular weight excluding hydrogens is 404 g/mol. The Morgan fingerprint density at radius 2 is 1.57 bits per heavy atom. The number of sulfonamides is 1. The number of hydrogen-bond acceptors (Lipinski definition) is 5. The van der Waals surface area contributed by atoms with Gasteiger partial charge in [0.25, 0.3) is 10.0 Å². The van der Waals surface area contributed by atoms with E-state index in [-0.39, 0.29) is 17.3 Å². The van der Waals surface area contributed by atoms with Crippen LogP contribution in [0, 0.1) is 0 Å². The molecule has 0 spiro atoms. The van der Waals surface area contributed by atoms with Crippen molar-refractivity contribution in [2.75, 3.05) is 38.2 Å². The second-order valence-corrected chi connectivity index (χ2v) is 9.02. The first-order valence-corrected chi connectivity index (χ1v) is 11.5. The average molecular weight is 433 g/mol. The Morgan fingerprint density at radius 3 is 2.17 bits per heavy atom. The van der Waals surface area contributed by atoms with Gasteiger partial charge in [-0.05, 0) is 37.1 Å². The Kier molecular flexibility index (Phi) is 7.20. The summed E-state index contributed by atoms with van der Waals surface area (Å²) in [6, 6.07) is 13.0. The smallest absolute Gasteiger partial charge is 0.264 e. The molecule has 0 aromatic heterocycles. The molecule has 1 fully saturated rings. The molecule has 2 aromatic carbocycles. The standard InChI is InChI=1S/C22H28N2O5S/c1-28-20-13-12-18(16-21(20)29-2)24(30(26,27)19-10-6-5-7-11-19)17-22(25)23-14-8-3-4-9-15-23/h5-7,10-13,16H,3-4,8-9,14-15,17H2,1-2H3. The Morgan fingerprint density at radius 1 is 0.933 bits per heavy atom. The van der Waals surface area contributed by atoms with E-state index < -0.39 is 10.0 Å². The van der Waals surface area contributed by atoms with Crippen molar-refractivity contribution >= 4 is 21.6 Å². The van der Waals surface area contributed by atoms with Crippen molar-refractivity contribution in [1.29, 1.82) is 0 Å². The van der Waals surface area contributed by atoms with Crippen LogP contribution in [0.5, 0.6) is 11.5 Å². The Hall–Kier alpha value is -2.74. The lowest BCUT2D eigenvalue weighted by atomic mass is 10.2. The summed E-state index contributed by atoms with van der Waals surface area (Å²) in [6.45, 7) is 1.04. The van der Waals surface area contributed by atoms with Gasteiger partial charge in [0, 0.05) is 19.2 Å². The Balaban J connectivity index is 1.99. The van der Waals surface area contributed by atoms with Gasteiger partial charge in [-0.25, -0.2) is 8.42 Å². The summed E-state index contributed by atoms with van der Waals surface area (Å²) >= 11 is 0. The highest BCUT2D eigenvalue weighted by molar-refractivity contribution is 7.92. The molecule has 0 N–H and O–H groups in total. The summed E-state index contributed by atoms with van der Waals surface area (Å²) < 4.78 is 38.7. The molecule has 0 unspecified atom stereocenters. The maximum atomic E-state index is 13.5. The summed E-state index contributed by atoms with van der Waals surface area (Å²) in [4.78, 5) is 14.9. The highest BCUT2D eigenvalue weighted by atomic mass is 32.2. The van der Waals surface area contributed by atoms with E-state index in [4.69, 9.17) is 9.47 Å². The molecule has 2 aromatic rings. The number of hydrogen-bond donors (Lipinski definition) is 0. The van der Waals surface area contributed by atoms with Crippen LogP contribution in [0.3, 0.4) is 0 Å². The molecule has 0 atom stereocenters. The van der Waals surface area contributed by atoms with Gasteiger partial charge < -0.3 is 14.4 Å². The SMILES string of the molecule is COc1ccc(N(CC(=O)N2CCCCCC2)S(=O)(=O)c2ccccc2)cc1OC. The number of ether oxygens (including phenoxy) is 2. The summed E-state index contributed by atoms with van der Waals surface area (Å²) in [6.07, 6.45) is 4.05. The van der Waals surface area contributed by atoms with Gasteiger partial charge in [-0.1, -0.05) is 31.0 Å². The van der Waals surface area contributed by atoms with Crippen LogP contribution >= 0.6 is 0 Å². The van der Waals surface area contributed by atoms with Crippen LogP contribution in [0.4, 0.5) is 5.69 Å². The third-order valence-corrected chi connectivity index (χ3v) is 7.01. The molecule has 0 aliphatic carbocycles. The van der Waals surface area contributed by atoms with Crippen LogP contribution in [-0.4, -0.2) is 53.1 Å². The van der Waals surface area contributed by atoms with E-state index in [1.807, 2.05) is 0 Å². The van der Waals surface area contributed by atoms with E-state index in [1.54, 1.807) is 41.3 Å². The van der Waals surface area contributed by atoms with Gasteiger partial charge in [-0.2, -0.15) is 0 Å². The molecule has 0 radical (unpaired) electrons. The maximum Gasteiger partial charge on any atom is 0.264 e. The second-order valence-electron chi connectivity index (χ2n) is 7.16. The van der Waals surface area contributed by atoms with Gasteiger partial charge in [-0.15, -0.1) is 0 Å². The van der Waals surface area contributed by atoms with E-state index in [1.165, 1.54) is 26.4 Å². The zero-order valence-electron chi connectivity index (χ0n) is 17.4. The first kappa shape index (κ1) is 22.0. The van der Waals surface area contributed by atoms with Crippen molar-refractivity contribution in [3.05, 3.63) is 48.5 Å². The number of nitrogens with zero attached hydrogens (tertiary/aromatic N) is 2. The van der Waals surface area contributed by atoms with Crippen molar-refractivity contribution in [3.8, 4) is 11.5 Å². The third kappa shape index (κ3) is 4.87. The fourth-order valence-electron chi connectivity index (χ4n) is 3.56. The molecular formula is C22H28N2O5S. The van der Waals surface area contributed by atoms with E-state index in [9.17, 15) is 13.2 Å². The number of methoxy groups -OCH3 is 2. The third-order valence-electron chi connectivity index (χ3n) is 5.22. The van der Waals surface area contributed by atoms with Gasteiger partial charge >= 0.3 is 0 Å². The summed E-state index contributed by atoms with van der Waals surface area (Å²) in [5.41, 5.74) is 0.347. The molecule has 1 aliphatic heterocycles. The molecule has 30 heavy (non-hydrogen) atoms. The molecule has 0 bridgehead atoms. The number of benzene rings is 2. The lowest BCUT2D eigenvalue weighted by molar-refractivity contribution is -0.129.